The summed E-state index contributed by atoms with van der Waals surface area (Å²) in [5.41, 5.74) is 14.5. The molecule has 49 heavy (non-hydrogen) atoms. The quantitative estimate of drug-likeness (QED) is 0.123. The zero-order valence-corrected chi connectivity index (χ0v) is 25.6. The van der Waals surface area contributed by atoms with Gasteiger partial charge in [-0.15, -0.1) is 0 Å². The highest BCUT2D eigenvalue weighted by Crippen LogP contribution is 2.34. The van der Waals surface area contributed by atoms with Gasteiger partial charge in [-0.05, 0) is 37.5 Å². The van der Waals surface area contributed by atoms with Crippen LogP contribution in [0.1, 0.15) is 59.5 Å². The number of Topliss-reactive ketones (excluding diaryl/α,β-unsaturated/α-hetero) is 1. The van der Waals surface area contributed by atoms with E-state index in [9.17, 15) is 35.9 Å². The summed E-state index contributed by atoms with van der Waals surface area (Å²) < 4.78 is 63.5. The van der Waals surface area contributed by atoms with Gasteiger partial charge in [-0.3, -0.25) is 14.9 Å². The van der Waals surface area contributed by atoms with Crippen LogP contribution in [0.2, 0.25) is 0 Å². The Morgan fingerprint density at radius 2 is 1.51 bits per heavy atom. The van der Waals surface area contributed by atoms with Gasteiger partial charge in [0.2, 0.25) is 11.9 Å². The fraction of sp³-hybridized carbons (Fsp3) is 0.367. The summed E-state index contributed by atoms with van der Waals surface area (Å²) in [7, 11) is 0. The number of carbonyl (C=O) groups is 4. The molecule has 2 aromatic carbocycles. The van der Waals surface area contributed by atoms with E-state index < -0.39 is 30.2 Å². The summed E-state index contributed by atoms with van der Waals surface area (Å²) in [6.07, 6.45) is -6.11. The van der Waals surface area contributed by atoms with Gasteiger partial charge in [-0.25, -0.2) is 19.6 Å². The molecule has 0 saturated heterocycles. The van der Waals surface area contributed by atoms with Crippen LogP contribution in [0.3, 0.4) is 0 Å². The molecule has 5 rings (SSSR count). The van der Waals surface area contributed by atoms with E-state index >= 15 is 0 Å². The number of alkyl halides is 6. The maximum Gasteiger partial charge on any atom is 0.490 e. The Morgan fingerprint density at radius 1 is 0.918 bits per heavy atom. The number of fused-ring (bicyclic) bond motifs is 2. The van der Waals surface area contributed by atoms with Gasteiger partial charge in [0.15, 0.2) is 11.7 Å². The van der Waals surface area contributed by atoms with E-state index in [1.165, 1.54) is 0 Å². The molecule has 3 atom stereocenters. The van der Waals surface area contributed by atoms with Gasteiger partial charge in [-0.2, -0.15) is 31.3 Å². The summed E-state index contributed by atoms with van der Waals surface area (Å²) in [4.78, 5) is 57.0. The number of aryl methyl sites for hydroxylation is 1. The van der Waals surface area contributed by atoms with Crippen molar-refractivity contribution in [1.29, 1.82) is 0 Å². The molecule has 19 heteroatoms. The van der Waals surface area contributed by atoms with Crippen molar-refractivity contribution < 1.29 is 55.7 Å². The first-order valence-electron chi connectivity index (χ1n) is 14.4. The number of hydrogen-bond acceptors (Lipinski definition) is 8. The molecule has 2 aliphatic carbocycles. The van der Waals surface area contributed by atoms with E-state index in [0.29, 0.717) is 16.9 Å². The topological polar surface area (TPSA) is 223 Å². The average Bonchev–Trinajstić information content (AvgIpc) is 3.34. The number of nitrogens with one attached hydrogen (secondary N) is 2. The van der Waals surface area contributed by atoms with Crippen molar-refractivity contribution in [2.75, 3.05) is 10.6 Å². The molecule has 0 radical (unpaired) electrons. The minimum absolute atomic E-state index is 0.00680. The minimum atomic E-state index is -5.08. The van der Waals surface area contributed by atoms with Gasteiger partial charge in [-0.1, -0.05) is 48.7 Å². The van der Waals surface area contributed by atoms with Crippen molar-refractivity contribution >= 4 is 52.3 Å². The highest BCUT2D eigenvalue weighted by Gasteiger charge is 2.39. The number of anilines is 2. The predicted octanol–water partition coefficient (Wildman–Crippen LogP) is 4.51. The predicted molar refractivity (Wildman–Crippen MR) is 164 cm³/mol. The lowest BCUT2D eigenvalue weighted by Crippen LogP contribution is -2.38. The third-order valence-electron chi connectivity index (χ3n) is 7.28. The summed E-state index contributed by atoms with van der Waals surface area (Å²) in [5.74, 6) is -5.50. The van der Waals surface area contributed by atoms with E-state index in [4.69, 9.17) is 31.3 Å². The lowest BCUT2D eigenvalue weighted by atomic mass is 9.90. The number of rotatable bonds is 5. The molecule has 0 bridgehead atoms. The zero-order chi connectivity index (χ0) is 36.7. The van der Waals surface area contributed by atoms with Gasteiger partial charge >= 0.3 is 24.3 Å². The molecular weight excluding hydrogens is 668 g/mol. The Labute approximate surface area is 273 Å². The molecule has 2 aliphatic rings. The third kappa shape index (κ3) is 10.5. The number of carboxylic acid groups (broad SMARTS) is 2. The molecule has 13 nitrogen and oxygen atoms in total. The molecule has 264 valence electrons. The van der Waals surface area contributed by atoms with Crippen LogP contribution in [-0.2, 0) is 14.4 Å². The second-order valence-electron chi connectivity index (χ2n) is 10.9. The molecule has 3 aromatic rings. The molecule has 1 fully saturated rings. The minimum Gasteiger partial charge on any atom is -0.475 e. The number of aromatic nitrogens is 2. The molecule has 3 unspecified atom stereocenters. The van der Waals surface area contributed by atoms with Crippen molar-refractivity contribution in [2.45, 2.75) is 69.4 Å². The highest BCUT2D eigenvalue weighted by atomic mass is 19.4. The standard InChI is InChI=1S/C26H29N7O2.2C2HF3O2/c1-14-10-11-19-18(12-14)23(29-20-8-4-5-9-21(20)30-25(27)28)32-26(31-19)33-24(35)17-13-22(34)16-7-3-2-6-15(16)17;2*3-2(4,5)1(6)7/h2-3,6-7,10-12,17,20-21H,4-5,8-9,13H2,1H3,(H4,27,28,30)(H2,29,31,32,33,35);2*(H,6,7). The number of aliphatic carboxylic acids is 2. The first-order chi connectivity index (χ1) is 22.8. The monoisotopic (exact) mass is 699 g/mol. The maximum atomic E-state index is 13.2. The maximum absolute atomic E-state index is 13.2. The average molecular weight is 700 g/mol. The number of amides is 1. The largest absolute Gasteiger partial charge is 0.490 e. The molecule has 1 amide bonds. The van der Waals surface area contributed by atoms with Gasteiger partial charge in [0.05, 0.1) is 23.5 Å². The summed E-state index contributed by atoms with van der Waals surface area (Å²) >= 11 is 0. The van der Waals surface area contributed by atoms with Crippen LogP contribution in [0.15, 0.2) is 47.5 Å². The first-order valence-corrected chi connectivity index (χ1v) is 14.4. The Bertz CT molecular complexity index is 1720. The highest BCUT2D eigenvalue weighted by molar-refractivity contribution is 6.09. The first kappa shape index (κ1) is 38.0. The number of hydrogen-bond donors (Lipinski definition) is 6. The second kappa shape index (κ2) is 15.6. The third-order valence-corrected chi connectivity index (χ3v) is 7.28. The van der Waals surface area contributed by atoms with Crippen molar-refractivity contribution in [1.82, 2.24) is 9.97 Å². The second-order valence-corrected chi connectivity index (χ2v) is 10.9. The van der Waals surface area contributed by atoms with Crippen molar-refractivity contribution in [2.24, 2.45) is 16.5 Å². The van der Waals surface area contributed by atoms with Crippen LogP contribution in [0.4, 0.5) is 38.1 Å². The van der Waals surface area contributed by atoms with Gasteiger partial charge in [0.1, 0.15) is 5.82 Å². The lowest BCUT2D eigenvalue weighted by Gasteiger charge is -2.30. The number of ketones is 1. The molecular formula is C30H31F6N7O6. The molecule has 8 N–H and O–H groups in total. The SMILES string of the molecule is Cc1ccc2nc(NC(=O)C3CC(=O)c4ccccc43)nc(NC3CCCCC3N=C(N)N)c2c1.O=C(O)C(F)(F)F.O=C(O)C(F)(F)F. The van der Waals surface area contributed by atoms with Gasteiger partial charge in [0, 0.05) is 17.4 Å². The van der Waals surface area contributed by atoms with Crippen LogP contribution in [0.5, 0.6) is 0 Å². The van der Waals surface area contributed by atoms with Crippen LogP contribution in [0.25, 0.3) is 10.9 Å². The number of halogens is 6. The molecule has 1 heterocycles. The van der Waals surface area contributed by atoms with E-state index in [2.05, 4.69) is 25.6 Å². The summed E-state index contributed by atoms with van der Waals surface area (Å²) in [6.45, 7) is 2.01. The van der Waals surface area contributed by atoms with E-state index in [1.54, 1.807) is 6.07 Å². The lowest BCUT2D eigenvalue weighted by molar-refractivity contribution is -0.193. The van der Waals surface area contributed by atoms with Crippen LogP contribution in [0, 0.1) is 6.92 Å². The van der Waals surface area contributed by atoms with Crippen LogP contribution >= 0.6 is 0 Å². The Hall–Kier alpha value is -5.49. The van der Waals surface area contributed by atoms with Crippen molar-refractivity contribution in [3.63, 3.8) is 0 Å². The zero-order valence-electron chi connectivity index (χ0n) is 25.6. The molecule has 1 saturated carbocycles. The number of guanidine groups is 1. The fourth-order valence-corrected chi connectivity index (χ4v) is 5.10. The van der Waals surface area contributed by atoms with E-state index in [-0.39, 0.29) is 42.1 Å². The molecule has 1 aromatic heterocycles. The van der Waals surface area contributed by atoms with Crippen molar-refractivity contribution in [3.8, 4) is 0 Å². The Kier molecular flexibility index (Phi) is 12.1. The number of carbonyl (C=O) groups excluding carboxylic acids is 2. The fourth-order valence-electron chi connectivity index (χ4n) is 5.10. The Balaban J connectivity index is 0.000000392. The van der Waals surface area contributed by atoms with E-state index in [1.807, 2.05) is 43.3 Å². The Morgan fingerprint density at radius 3 is 2.10 bits per heavy atom. The van der Waals surface area contributed by atoms with E-state index in [0.717, 1.165) is 42.2 Å². The molecule has 0 aliphatic heterocycles. The van der Waals surface area contributed by atoms with Crippen molar-refractivity contribution in [3.05, 3.63) is 59.2 Å². The summed E-state index contributed by atoms with van der Waals surface area (Å²) in [5, 5.41) is 21.5. The number of nitrogens with zero attached hydrogens (tertiary/aromatic N) is 3. The smallest absolute Gasteiger partial charge is 0.475 e. The van der Waals surface area contributed by atoms with Crippen LogP contribution in [-0.4, -0.2) is 74.2 Å². The molecule has 0 spiro atoms. The van der Waals surface area contributed by atoms with Gasteiger partial charge in [0.25, 0.3) is 0 Å². The van der Waals surface area contributed by atoms with Gasteiger partial charge < -0.3 is 27.0 Å². The normalized spacial score (nSPS) is 18.5. The number of aliphatic imine (C=N–C) groups is 1. The van der Waals surface area contributed by atoms with Crippen LogP contribution < -0.4 is 22.1 Å². The number of benzene rings is 2. The summed E-state index contributed by atoms with van der Waals surface area (Å²) in [6, 6.07) is 13.1. The number of carboxylic acids is 2. The number of nitrogens with two attached hydrogens (primary N) is 2.